The van der Waals surface area contributed by atoms with Gasteiger partial charge >= 0.3 is 5.97 Å². The van der Waals surface area contributed by atoms with Crippen molar-refractivity contribution in [2.24, 2.45) is 0 Å². The average Bonchev–Trinajstić information content (AvgIpc) is 3.03. The predicted octanol–water partition coefficient (Wildman–Crippen LogP) is 3.94. The molecule has 2 heterocycles. The summed E-state index contributed by atoms with van der Waals surface area (Å²) < 4.78 is 16.6. The molecule has 0 atom stereocenters. The summed E-state index contributed by atoms with van der Waals surface area (Å²) in [7, 11) is 0. The number of carbonyl (C=O) groups is 1. The fourth-order valence-corrected chi connectivity index (χ4v) is 3.32. The molecule has 0 fully saturated rings. The van der Waals surface area contributed by atoms with Crippen LogP contribution in [0.15, 0.2) is 53.1 Å². The molecule has 0 radical (unpaired) electrons. The number of hydrogen-bond acceptors (Lipinski definition) is 5. The highest BCUT2D eigenvalue weighted by atomic mass is 16.5. The lowest BCUT2D eigenvalue weighted by Gasteiger charge is -2.31. The van der Waals surface area contributed by atoms with E-state index in [2.05, 4.69) is 17.0 Å². The minimum absolute atomic E-state index is 0.202. The molecule has 1 aromatic heterocycles. The molecule has 1 aliphatic rings. The molecule has 5 heteroatoms. The molecule has 0 bridgehead atoms. The van der Waals surface area contributed by atoms with Crippen molar-refractivity contribution < 1.29 is 18.7 Å². The van der Waals surface area contributed by atoms with Gasteiger partial charge < -0.3 is 18.8 Å². The van der Waals surface area contributed by atoms with E-state index in [9.17, 15) is 4.79 Å². The van der Waals surface area contributed by atoms with Crippen LogP contribution in [0.2, 0.25) is 0 Å². The summed E-state index contributed by atoms with van der Waals surface area (Å²) >= 11 is 0. The molecule has 4 rings (SSSR count). The van der Waals surface area contributed by atoms with Gasteiger partial charge in [0.15, 0.2) is 0 Å². The Morgan fingerprint density at radius 3 is 2.88 bits per heavy atom. The van der Waals surface area contributed by atoms with Gasteiger partial charge in [0.25, 0.3) is 0 Å². The van der Waals surface area contributed by atoms with Gasteiger partial charge in [0.05, 0.1) is 31.5 Å². The summed E-state index contributed by atoms with van der Waals surface area (Å²) in [5.74, 6) is 0.575. The van der Waals surface area contributed by atoms with Gasteiger partial charge in [-0.25, -0.2) is 0 Å². The zero-order chi connectivity index (χ0) is 17.9. The second-order valence-corrected chi connectivity index (χ2v) is 6.31. The Balaban J connectivity index is 1.64. The average molecular weight is 351 g/mol. The van der Waals surface area contributed by atoms with Crippen LogP contribution in [0, 0.1) is 0 Å². The van der Waals surface area contributed by atoms with E-state index in [0.717, 1.165) is 41.1 Å². The van der Waals surface area contributed by atoms with Crippen LogP contribution in [0.3, 0.4) is 0 Å². The highest BCUT2D eigenvalue weighted by Crippen LogP contribution is 2.38. The van der Waals surface area contributed by atoms with Crippen LogP contribution < -0.4 is 9.64 Å². The van der Waals surface area contributed by atoms with Crippen LogP contribution >= 0.6 is 0 Å². The molecular formula is C21H21NO4. The quantitative estimate of drug-likeness (QED) is 0.652. The van der Waals surface area contributed by atoms with Crippen molar-refractivity contribution in [1.29, 1.82) is 0 Å². The Morgan fingerprint density at radius 2 is 2.08 bits per heavy atom. The third-order valence-corrected chi connectivity index (χ3v) is 4.55. The minimum Gasteiger partial charge on any atom is -0.490 e. The van der Waals surface area contributed by atoms with E-state index < -0.39 is 0 Å². The molecule has 0 spiro atoms. The minimum atomic E-state index is -0.250. The number of furan rings is 1. The van der Waals surface area contributed by atoms with Crippen molar-refractivity contribution in [3.8, 4) is 5.75 Å². The number of ether oxygens (including phenoxy) is 2. The van der Waals surface area contributed by atoms with E-state index in [0.29, 0.717) is 13.2 Å². The molecule has 0 amide bonds. The molecule has 26 heavy (non-hydrogen) atoms. The van der Waals surface area contributed by atoms with Crippen molar-refractivity contribution >= 4 is 22.6 Å². The van der Waals surface area contributed by atoms with E-state index in [1.165, 1.54) is 5.56 Å². The lowest BCUT2D eigenvalue weighted by Crippen LogP contribution is -2.32. The highest BCUT2D eigenvalue weighted by molar-refractivity contribution is 5.90. The lowest BCUT2D eigenvalue weighted by atomic mass is 10.1. The summed E-state index contributed by atoms with van der Waals surface area (Å²) in [4.78, 5) is 14.1. The van der Waals surface area contributed by atoms with E-state index in [4.69, 9.17) is 13.9 Å². The molecule has 0 saturated carbocycles. The van der Waals surface area contributed by atoms with E-state index in [1.54, 1.807) is 13.2 Å². The first-order valence-corrected chi connectivity index (χ1v) is 8.86. The predicted molar refractivity (Wildman–Crippen MR) is 99.5 cm³/mol. The summed E-state index contributed by atoms with van der Waals surface area (Å²) in [5.41, 5.74) is 3.85. The molecular weight excluding hydrogens is 330 g/mol. The molecule has 3 aromatic rings. The Bertz CT molecular complexity index is 916. The molecule has 5 nitrogen and oxygen atoms in total. The maximum absolute atomic E-state index is 11.8. The van der Waals surface area contributed by atoms with Gasteiger partial charge in [0, 0.05) is 23.6 Å². The molecule has 2 aromatic carbocycles. The number of carbonyl (C=O) groups excluding carboxylic acids is 1. The van der Waals surface area contributed by atoms with Gasteiger partial charge in [0.1, 0.15) is 17.9 Å². The Hall–Kier alpha value is -2.95. The first-order valence-electron chi connectivity index (χ1n) is 8.86. The fraction of sp³-hybridized carbons (Fsp3) is 0.286. The monoisotopic (exact) mass is 351 g/mol. The number of hydrogen-bond donors (Lipinski definition) is 0. The van der Waals surface area contributed by atoms with E-state index in [-0.39, 0.29) is 12.4 Å². The number of nitrogens with zero attached hydrogens (tertiary/aromatic N) is 1. The third-order valence-electron chi connectivity index (χ3n) is 4.55. The van der Waals surface area contributed by atoms with Gasteiger partial charge in [-0.1, -0.05) is 30.3 Å². The van der Waals surface area contributed by atoms with Crippen molar-refractivity contribution in [3.63, 3.8) is 0 Å². The number of anilines is 1. The Kier molecular flexibility index (Phi) is 4.52. The molecule has 134 valence electrons. The maximum Gasteiger partial charge on any atom is 0.310 e. The summed E-state index contributed by atoms with van der Waals surface area (Å²) in [6, 6.07) is 14.3. The van der Waals surface area contributed by atoms with E-state index >= 15 is 0 Å². The van der Waals surface area contributed by atoms with Crippen LogP contribution in [0.4, 0.5) is 5.69 Å². The van der Waals surface area contributed by atoms with Gasteiger partial charge in [-0.15, -0.1) is 0 Å². The van der Waals surface area contributed by atoms with Crippen molar-refractivity contribution in [1.82, 2.24) is 0 Å². The van der Waals surface area contributed by atoms with Crippen LogP contribution in [-0.4, -0.2) is 25.7 Å². The first-order chi connectivity index (χ1) is 12.7. The highest BCUT2D eigenvalue weighted by Gasteiger charge is 2.22. The van der Waals surface area contributed by atoms with Gasteiger partial charge in [0.2, 0.25) is 0 Å². The van der Waals surface area contributed by atoms with Gasteiger partial charge in [-0.05, 0) is 18.6 Å². The van der Waals surface area contributed by atoms with Crippen LogP contribution in [0.25, 0.3) is 11.0 Å². The zero-order valence-corrected chi connectivity index (χ0v) is 14.7. The van der Waals surface area contributed by atoms with Crippen LogP contribution in [-0.2, 0) is 22.5 Å². The summed E-state index contributed by atoms with van der Waals surface area (Å²) in [6.45, 7) is 4.46. The smallest absolute Gasteiger partial charge is 0.310 e. The molecule has 0 aliphatic carbocycles. The standard InChI is InChI=1S/C21H21NO4/c1-2-24-21(23)10-16-14-26-19-12-18-20(11-17(16)19)25-9-8-22(18)13-15-6-4-3-5-7-15/h3-7,11-12,14H,2,8-10,13H2,1H3. The van der Waals surface area contributed by atoms with Crippen molar-refractivity contribution in [3.05, 3.63) is 59.9 Å². The number of benzene rings is 2. The summed E-state index contributed by atoms with van der Waals surface area (Å²) in [5, 5.41) is 0.901. The maximum atomic E-state index is 11.8. The number of rotatable bonds is 5. The molecule has 0 unspecified atom stereocenters. The van der Waals surface area contributed by atoms with Gasteiger partial charge in [-0.2, -0.15) is 0 Å². The van der Waals surface area contributed by atoms with Crippen LogP contribution in [0.5, 0.6) is 5.75 Å². The lowest BCUT2D eigenvalue weighted by molar-refractivity contribution is -0.142. The van der Waals surface area contributed by atoms with Gasteiger partial charge in [-0.3, -0.25) is 4.79 Å². The van der Waals surface area contributed by atoms with Crippen molar-refractivity contribution in [2.75, 3.05) is 24.7 Å². The second kappa shape index (κ2) is 7.12. The van der Waals surface area contributed by atoms with Crippen molar-refractivity contribution in [2.45, 2.75) is 19.9 Å². The first kappa shape index (κ1) is 16.5. The van der Waals surface area contributed by atoms with E-state index in [1.807, 2.05) is 30.3 Å². The number of fused-ring (bicyclic) bond motifs is 2. The van der Waals surface area contributed by atoms with Crippen LogP contribution in [0.1, 0.15) is 18.1 Å². The molecule has 0 saturated heterocycles. The Morgan fingerprint density at radius 1 is 1.23 bits per heavy atom. The topological polar surface area (TPSA) is 51.9 Å². The molecule has 0 N–H and O–H groups in total. The largest absolute Gasteiger partial charge is 0.490 e. The Labute approximate surface area is 152 Å². The zero-order valence-electron chi connectivity index (χ0n) is 14.7. The summed E-state index contributed by atoms with van der Waals surface area (Å²) in [6.07, 6.45) is 1.84. The second-order valence-electron chi connectivity index (χ2n) is 6.31. The third kappa shape index (κ3) is 3.25. The fourth-order valence-electron chi connectivity index (χ4n) is 3.32. The normalized spacial score (nSPS) is 13.3. The number of esters is 1. The SMILES string of the molecule is CCOC(=O)Cc1coc2cc3c(cc12)OCCN3Cc1ccccc1. The molecule has 1 aliphatic heterocycles.